The van der Waals surface area contributed by atoms with Crippen molar-refractivity contribution in [2.75, 3.05) is 36.0 Å². The Labute approximate surface area is 134 Å². The van der Waals surface area contributed by atoms with Gasteiger partial charge in [-0.3, -0.25) is 4.98 Å². The molecule has 4 nitrogen and oxygen atoms in total. The van der Waals surface area contributed by atoms with Crippen LogP contribution in [-0.4, -0.2) is 36.1 Å². The van der Waals surface area contributed by atoms with Gasteiger partial charge in [0.2, 0.25) is 0 Å². The van der Waals surface area contributed by atoms with Gasteiger partial charge in [-0.1, -0.05) is 23.5 Å². The molecule has 3 aromatic rings. The Bertz CT molecular complexity index is 776. The highest BCUT2D eigenvalue weighted by atomic mass is 32.1. The molecule has 4 rings (SSSR count). The van der Waals surface area contributed by atoms with Crippen LogP contribution in [0, 0.1) is 6.92 Å². The number of hydrogen-bond acceptors (Lipinski definition) is 5. The van der Waals surface area contributed by atoms with Crippen LogP contribution in [0.25, 0.3) is 10.2 Å². The number of aryl methyl sites for hydroxylation is 1. The van der Waals surface area contributed by atoms with Crippen LogP contribution < -0.4 is 9.80 Å². The maximum Gasteiger partial charge on any atom is 0.186 e. The Morgan fingerprint density at radius 2 is 1.68 bits per heavy atom. The number of piperazine rings is 1. The van der Waals surface area contributed by atoms with Gasteiger partial charge < -0.3 is 9.80 Å². The van der Waals surface area contributed by atoms with Gasteiger partial charge >= 0.3 is 0 Å². The van der Waals surface area contributed by atoms with Crippen molar-refractivity contribution in [1.29, 1.82) is 0 Å². The Kier molecular flexibility index (Phi) is 3.42. The van der Waals surface area contributed by atoms with E-state index in [2.05, 4.69) is 52.0 Å². The number of anilines is 2. The van der Waals surface area contributed by atoms with Crippen molar-refractivity contribution >= 4 is 32.4 Å². The molecule has 3 heterocycles. The minimum Gasteiger partial charge on any atom is -0.368 e. The molecule has 0 N–H and O–H groups in total. The van der Waals surface area contributed by atoms with E-state index in [1.54, 1.807) is 11.3 Å². The standard InChI is InChI=1S/C17H18N4S/c1-13-3-2-4-15-16(13)19-17(22-15)21-11-9-20(10-12-21)14-5-7-18-8-6-14/h2-8H,9-12H2,1H3. The lowest BCUT2D eigenvalue weighted by molar-refractivity contribution is 0.652. The first kappa shape index (κ1) is 13.5. The fraction of sp³-hybridized carbons (Fsp3) is 0.294. The predicted molar refractivity (Wildman–Crippen MR) is 93.0 cm³/mol. The lowest BCUT2D eigenvalue weighted by Gasteiger charge is -2.35. The van der Waals surface area contributed by atoms with Gasteiger partial charge in [-0.25, -0.2) is 4.98 Å². The molecule has 1 aromatic carbocycles. The second-order valence-electron chi connectivity index (χ2n) is 5.60. The SMILES string of the molecule is Cc1cccc2sc(N3CCN(c4ccncc4)CC3)nc12. The molecule has 0 bridgehead atoms. The highest BCUT2D eigenvalue weighted by molar-refractivity contribution is 7.22. The monoisotopic (exact) mass is 310 g/mol. The summed E-state index contributed by atoms with van der Waals surface area (Å²) in [7, 11) is 0. The van der Waals surface area contributed by atoms with Crippen molar-refractivity contribution in [3.8, 4) is 0 Å². The molecule has 1 saturated heterocycles. The number of nitrogens with zero attached hydrogens (tertiary/aromatic N) is 4. The van der Waals surface area contributed by atoms with Crippen molar-refractivity contribution in [2.24, 2.45) is 0 Å². The van der Waals surface area contributed by atoms with Crippen LogP contribution in [0.2, 0.25) is 0 Å². The smallest absolute Gasteiger partial charge is 0.186 e. The fourth-order valence-corrected chi connectivity index (χ4v) is 4.02. The van der Waals surface area contributed by atoms with Crippen LogP contribution in [-0.2, 0) is 0 Å². The molecule has 1 aliphatic rings. The molecule has 0 amide bonds. The molecule has 1 aliphatic heterocycles. The quantitative estimate of drug-likeness (QED) is 0.727. The van der Waals surface area contributed by atoms with Gasteiger partial charge in [0.1, 0.15) is 0 Å². The Hall–Kier alpha value is -2.14. The molecule has 0 saturated carbocycles. The van der Waals surface area contributed by atoms with E-state index in [1.165, 1.54) is 16.0 Å². The van der Waals surface area contributed by atoms with E-state index in [4.69, 9.17) is 4.98 Å². The summed E-state index contributed by atoms with van der Waals surface area (Å²) in [6, 6.07) is 10.6. The maximum atomic E-state index is 4.85. The highest BCUT2D eigenvalue weighted by Crippen LogP contribution is 2.31. The largest absolute Gasteiger partial charge is 0.368 e. The molecule has 0 unspecified atom stereocenters. The van der Waals surface area contributed by atoms with Gasteiger partial charge in [0.15, 0.2) is 5.13 Å². The van der Waals surface area contributed by atoms with E-state index >= 15 is 0 Å². The summed E-state index contributed by atoms with van der Waals surface area (Å²) in [5.41, 5.74) is 3.67. The molecule has 2 aromatic heterocycles. The summed E-state index contributed by atoms with van der Waals surface area (Å²) in [6.45, 7) is 6.22. The van der Waals surface area contributed by atoms with Gasteiger partial charge in [-0.2, -0.15) is 0 Å². The molecular weight excluding hydrogens is 292 g/mol. The van der Waals surface area contributed by atoms with Gasteiger partial charge in [0.25, 0.3) is 0 Å². The topological polar surface area (TPSA) is 32.3 Å². The zero-order valence-corrected chi connectivity index (χ0v) is 13.4. The summed E-state index contributed by atoms with van der Waals surface area (Å²) in [4.78, 5) is 13.8. The van der Waals surface area contributed by atoms with Crippen LogP contribution >= 0.6 is 11.3 Å². The van der Waals surface area contributed by atoms with Crippen molar-refractivity contribution in [3.05, 3.63) is 48.3 Å². The lowest BCUT2D eigenvalue weighted by atomic mass is 10.2. The Morgan fingerprint density at radius 3 is 2.41 bits per heavy atom. The first-order chi connectivity index (χ1) is 10.8. The first-order valence-corrected chi connectivity index (χ1v) is 8.39. The minimum atomic E-state index is 1.02. The van der Waals surface area contributed by atoms with Gasteiger partial charge in [-0.15, -0.1) is 0 Å². The third-order valence-corrected chi connectivity index (χ3v) is 5.27. The van der Waals surface area contributed by atoms with Crippen molar-refractivity contribution < 1.29 is 0 Å². The molecule has 0 atom stereocenters. The van der Waals surface area contributed by atoms with Crippen molar-refractivity contribution in [2.45, 2.75) is 6.92 Å². The second-order valence-corrected chi connectivity index (χ2v) is 6.61. The van der Waals surface area contributed by atoms with Crippen LogP contribution in [0.1, 0.15) is 5.56 Å². The molecular formula is C17H18N4S. The van der Waals surface area contributed by atoms with E-state index in [0.29, 0.717) is 0 Å². The summed E-state index contributed by atoms with van der Waals surface area (Å²) in [6.07, 6.45) is 3.72. The number of aromatic nitrogens is 2. The van der Waals surface area contributed by atoms with E-state index < -0.39 is 0 Å². The van der Waals surface area contributed by atoms with E-state index in [9.17, 15) is 0 Å². The van der Waals surface area contributed by atoms with Crippen molar-refractivity contribution in [3.63, 3.8) is 0 Å². The lowest BCUT2D eigenvalue weighted by Crippen LogP contribution is -2.46. The van der Waals surface area contributed by atoms with Gasteiger partial charge in [0, 0.05) is 44.3 Å². The van der Waals surface area contributed by atoms with Crippen LogP contribution in [0.3, 0.4) is 0 Å². The summed E-state index contributed by atoms with van der Waals surface area (Å²) in [5.74, 6) is 0. The Balaban J connectivity index is 1.52. The van der Waals surface area contributed by atoms with Crippen LogP contribution in [0.4, 0.5) is 10.8 Å². The van der Waals surface area contributed by atoms with E-state index in [0.717, 1.165) is 36.8 Å². The zero-order chi connectivity index (χ0) is 14.9. The normalized spacial score (nSPS) is 15.5. The van der Waals surface area contributed by atoms with Gasteiger partial charge in [0.05, 0.1) is 10.2 Å². The molecule has 112 valence electrons. The Morgan fingerprint density at radius 1 is 0.955 bits per heavy atom. The molecule has 0 radical (unpaired) electrons. The molecule has 5 heteroatoms. The molecule has 0 aliphatic carbocycles. The minimum absolute atomic E-state index is 1.02. The van der Waals surface area contributed by atoms with Crippen molar-refractivity contribution in [1.82, 2.24) is 9.97 Å². The first-order valence-electron chi connectivity index (χ1n) is 7.57. The predicted octanol–water partition coefficient (Wildman–Crippen LogP) is 3.33. The van der Waals surface area contributed by atoms with Crippen LogP contribution in [0.5, 0.6) is 0 Å². The molecule has 22 heavy (non-hydrogen) atoms. The maximum absolute atomic E-state index is 4.85. The second kappa shape index (κ2) is 5.57. The fourth-order valence-electron chi connectivity index (χ4n) is 2.92. The zero-order valence-electron chi connectivity index (χ0n) is 12.6. The third kappa shape index (κ3) is 2.41. The average molecular weight is 310 g/mol. The van der Waals surface area contributed by atoms with Crippen LogP contribution in [0.15, 0.2) is 42.7 Å². The summed E-state index contributed by atoms with van der Waals surface area (Å²) < 4.78 is 1.28. The molecule has 1 fully saturated rings. The number of hydrogen-bond donors (Lipinski definition) is 0. The average Bonchev–Trinajstić information content (AvgIpc) is 3.02. The number of pyridine rings is 1. The van der Waals surface area contributed by atoms with Gasteiger partial charge in [-0.05, 0) is 30.7 Å². The number of benzene rings is 1. The number of thiazole rings is 1. The number of para-hydroxylation sites is 1. The molecule has 0 spiro atoms. The third-order valence-electron chi connectivity index (χ3n) is 4.19. The van der Waals surface area contributed by atoms with E-state index in [-0.39, 0.29) is 0 Å². The highest BCUT2D eigenvalue weighted by Gasteiger charge is 2.20. The number of fused-ring (bicyclic) bond motifs is 1. The van der Waals surface area contributed by atoms with E-state index in [1.807, 2.05) is 12.4 Å². The number of rotatable bonds is 2. The summed E-state index contributed by atoms with van der Waals surface area (Å²) in [5, 5.41) is 1.15. The summed E-state index contributed by atoms with van der Waals surface area (Å²) >= 11 is 1.80.